The molecule has 9 atom stereocenters. The van der Waals surface area contributed by atoms with Gasteiger partial charge in [-0.25, -0.2) is 0 Å². The number of benzene rings is 1. The van der Waals surface area contributed by atoms with Crippen molar-refractivity contribution in [3.05, 3.63) is 35.9 Å². The van der Waals surface area contributed by atoms with Crippen molar-refractivity contribution in [2.45, 2.75) is 240 Å². The van der Waals surface area contributed by atoms with E-state index in [0.29, 0.717) is 44.3 Å². The maximum absolute atomic E-state index is 11.1. The van der Waals surface area contributed by atoms with Crippen LogP contribution in [0.3, 0.4) is 0 Å². The van der Waals surface area contributed by atoms with E-state index in [9.17, 15) is 33.7 Å². The van der Waals surface area contributed by atoms with Crippen LogP contribution in [-0.4, -0.2) is 181 Å². The molecule has 0 aromatic heterocycles. The predicted molar refractivity (Wildman–Crippen MR) is 363 cm³/mol. The second-order valence-corrected chi connectivity index (χ2v) is 32.4. The lowest BCUT2D eigenvalue weighted by molar-refractivity contribution is -0.192. The molecule has 4 aliphatic carbocycles. The maximum atomic E-state index is 11.1. The van der Waals surface area contributed by atoms with E-state index in [2.05, 4.69) is 94.7 Å². The van der Waals surface area contributed by atoms with Crippen molar-refractivity contribution < 1.29 is 112 Å². The highest BCUT2D eigenvalue weighted by molar-refractivity contribution is 8.24. The van der Waals surface area contributed by atoms with E-state index in [-0.39, 0.29) is 78.1 Å². The Morgan fingerprint density at radius 2 is 1.21 bits per heavy atom. The lowest BCUT2D eigenvalue weighted by Gasteiger charge is -2.35. The van der Waals surface area contributed by atoms with Gasteiger partial charge in [0.2, 0.25) is 0 Å². The molecule has 1 radical (unpaired) electrons. The van der Waals surface area contributed by atoms with Gasteiger partial charge in [-0.2, -0.15) is 9.59 Å². The van der Waals surface area contributed by atoms with Crippen molar-refractivity contribution in [2.75, 3.05) is 53.4 Å². The highest BCUT2D eigenvalue weighted by Gasteiger charge is 2.55. The first-order valence-corrected chi connectivity index (χ1v) is 37.4. The third kappa shape index (κ3) is 49.6. The van der Waals surface area contributed by atoms with Crippen LogP contribution in [-0.2, 0) is 70.6 Å². The Morgan fingerprint density at radius 3 is 1.40 bits per heavy atom. The summed E-state index contributed by atoms with van der Waals surface area (Å²) in [6.45, 7) is 33.0. The average molecular weight is 1400 g/mol. The van der Waals surface area contributed by atoms with Gasteiger partial charge in [0.05, 0.1) is 75.7 Å². The summed E-state index contributed by atoms with van der Waals surface area (Å²) >= 11 is 4.31. The van der Waals surface area contributed by atoms with E-state index in [4.69, 9.17) is 80.1 Å². The lowest BCUT2D eigenvalue weighted by Crippen LogP contribution is -2.44. The Bertz CT molecular complexity index is 2100. The van der Waals surface area contributed by atoms with E-state index in [0.717, 1.165) is 87.8 Å². The number of carbonyl (C=O) groups is 4. The second kappa shape index (κ2) is 55.1. The summed E-state index contributed by atoms with van der Waals surface area (Å²) in [7, 11) is 2.47. The molecule has 1 aromatic rings. The van der Waals surface area contributed by atoms with Crippen molar-refractivity contribution in [3.63, 3.8) is 0 Å². The second-order valence-electron chi connectivity index (χ2n) is 24.9. The van der Waals surface area contributed by atoms with E-state index < -0.39 is 45.5 Å². The SMILES string of the molecule is CC(=O)OCc1ccccc1.CC1(C)C[C@@H](C2(O)CC2)CO1.CCO.CC[B]F.CC[Si](CC)(CC)OC1([C@H](C)C(=O)O)CC1.COC(=O)[C@H](C)CO.C[C@H](CO)C1(C)CC1.C[C@H](CO)C1(O)CC1.C[C@H]1COC(C)(C)C1.FF.N[C@H](CO)C(=O)O.O=C=O.[3H][P+](P)=S. The first-order valence-electron chi connectivity index (χ1n) is 31.8. The number of rotatable bonds is 19. The van der Waals surface area contributed by atoms with Crippen LogP contribution in [0.15, 0.2) is 30.3 Å². The molecule has 0 amide bonds. The van der Waals surface area contributed by atoms with Gasteiger partial charge in [-0.05, 0) is 160 Å². The number of methoxy groups -OCH3 is 1. The zero-order chi connectivity index (χ0) is 74.0. The molecule has 4 saturated carbocycles. The molecular formula is C63H121BF3NO20P2SSi+. The quantitative estimate of drug-likeness (QED) is 0.0349. The molecule has 21 nitrogen and oxygen atoms in total. The average Bonchev–Trinajstić information content (AvgIpc) is 1.63. The first kappa shape index (κ1) is 97.7. The molecule has 2 heterocycles. The number of aliphatic carboxylic acids is 2. The molecular weight excluding hydrogens is 1280 g/mol. The van der Waals surface area contributed by atoms with Gasteiger partial charge in [-0.3, -0.25) is 19.2 Å². The number of halogens is 3. The maximum Gasteiger partial charge on any atom is 0.373 e. The number of nitrogens with two attached hydrogens (primary N) is 1. The number of hydrogen-bond acceptors (Lipinski definition) is 20. The molecule has 0 spiro atoms. The van der Waals surface area contributed by atoms with Crippen LogP contribution in [0.2, 0.25) is 24.5 Å². The Labute approximate surface area is 560 Å². The van der Waals surface area contributed by atoms with Crippen LogP contribution < -0.4 is 5.73 Å². The molecule has 7 rings (SSSR count). The first-order chi connectivity index (χ1) is 43.1. The van der Waals surface area contributed by atoms with E-state index >= 15 is 0 Å². The molecule has 0 bridgehead atoms. The number of carboxylic acid groups (broad SMARTS) is 2. The number of carbonyl (C=O) groups excluding carboxylic acids is 4. The molecule has 6 aliphatic rings. The minimum absolute atomic E-state index is 0.00296. The lowest BCUT2D eigenvalue weighted by atomic mass is 9.92. The fourth-order valence-electron chi connectivity index (χ4n) is 8.43. The smallest absolute Gasteiger partial charge is 0.373 e. The van der Waals surface area contributed by atoms with Crippen molar-refractivity contribution in [2.24, 2.45) is 46.7 Å². The summed E-state index contributed by atoms with van der Waals surface area (Å²) in [4.78, 5) is 57.7. The summed E-state index contributed by atoms with van der Waals surface area (Å²) in [5.74, 6) is -1.50. The van der Waals surface area contributed by atoms with Crippen LogP contribution in [0, 0.1) is 40.9 Å². The number of esters is 2. The highest BCUT2D eigenvalue weighted by Crippen LogP contribution is 2.52. The molecule has 6 fully saturated rings. The Morgan fingerprint density at radius 1 is 0.783 bits per heavy atom. The monoisotopic (exact) mass is 1400 g/mol. The summed E-state index contributed by atoms with van der Waals surface area (Å²) in [6, 6.07) is 11.7. The Hall–Kier alpha value is -2.94. The highest BCUT2D eigenvalue weighted by atomic mass is 32.6. The fraction of sp³-hybridized carbons (Fsp3) is 0.825. The standard InChI is InChI=1S/C12H24O3Si.C9H16O2.C9H10O2.2C7H14O.C6H12O2.C5H10O3.C3H7NO3.C2H5BF.C2H6O.CO2.F2.H2P2S/c1-5-16(6-2,7-3)15-12(8-9-12)10(4)11(13)14;1-8(2)5-7(6-11-8)9(10)3-4-9;1-8(10)11-7-9-5-3-2-4-6-9;1-6-4-7(2,3)8-5-6;1-6(5-8)7(2)3-4-7;1-5(4-7)6(8)2-3-6;1-4(3-6)5(7)8-2;4-2(1-5)3(6)7;1-2-3-4;1-2-3;2-1-3;1-2;1-2-3/h10H,5-9H2,1-4H3,(H,13,14);7,10H,3-6H2,1-2H3;2-6H,7H2,1H3;6H,4-5H2,1-3H3;6,8H,3-5H2,1-2H3;5,7-8H,2-4H2,1H3;4,6H,3H2,1-2H3;2,5H,1,4H2,(H,6,7);2H2,1H3;3H,2H2,1H3;;;1H2/p+1/t10-;7-;;2*6-;5-;4-;2-;;;;;/m11.11111...../s1/i/hT. The van der Waals surface area contributed by atoms with Crippen molar-refractivity contribution >= 4 is 73.6 Å². The largest absolute Gasteiger partial charge is 0.481 e. The van der Waals surface area contributed by atoms with Gasteiger partial charge in [0.15, 0.2) is 27.1 Å². The number of carboxylic acids is 2. The molecule has 2 saturated heterocycles. The number of ether oxygens (including phenoxy) is 4. The fourth-order valence-corrected chi connectivity index (χ4v) is 11.6. The third-order valence-electron chi connectivity index (χ3n) is 16.1. The number of aliphatic hydroxyl groups excluding tert-OH is 5. The number of aliphatic hydroxyl groups is 7. The molecule has 2 aliphatic heterocycles. The van der Waals surface area contributed by atoms with Gasteiger partial charge in [-0.1, -0.05) is 85.7 Å². The minimum atomic E-state index is -1.66. The molecule has 92 heavy (non-hydrogen) atoms. The zero-order valence-electron chi connectivity index (χ0n) is 59.2. The molecule has 2 unspecified atom stereocenters. The zero-order valence-corrected chi connectivity index (χ0v) is 62.1. The normalized spacial score (nSPS) is 20.4. The summed E-state index contributed by atoms with van der Waals surface area (Å²) in [6.07, 6.45) is 11.2. The van der Waals surface area contributed by atoms with E-state index in [1.165, 1.54) is 33.3 Å². The van der Waals surface area contributed by atoms with Gasteiger partial charge < -0.3 is 79.4 Å². The Kier molecular flexibility index (Phi) is 58.5. The molecule has 11 N–H and O–H groups in total. The minimum Gasteiger partial charge on any atom is -0.481 e. The van der Waals surface area contributed by atoms with Gasteiger partial charge in [0, 0.05) is 54.3 Å². The van der Waals surface area contributed by atoms with Gasteiger partial charge in [-0.15, -0.1) is 0 Å². The van der Waals surface area contributed by atoms with Crippen LogP contribution >= 0.6 is 15.9 Å². The summed E-state index contributed by atoms with van der Waals surface area (Å²) in [5, 5.41) is 77.2. The van der Waals surface area contributed by atoms with Gasteiger partial charge >= 0.3 is 38.9 Å². The number of hydrogen-bond donors (Lipinski definition) is 10. The summed E-state index contributed by atoms with van der Waals surface area (Å²) < 4.78 is 59.5. The van der Waals surface area contributed by atoms with Gasteiger partial charge in [0.1, 0.15) is 12.6 Å². The molecule has 29 heteroatoms. The van der Waals surface area contributed by atoms with Crippen LogP contribution in [0.5, 0.6) is 0 Å². The van der Waals surface area contributed by atoms with E-state index in [1.54, 1.807) is 27.7 Å². The van der Waals surface area contributed by atoms with Crippen molar-refractivity contribution in [3.8, 4) is 0 Å². The van der Waals surface area contributed by atoms with Crippen LogP contribution in [0.4, 0.5) is 13.5 Å². The van der Waals surface area contributed by atoms with Crippen LogP contribution in [0.25, 0.3) is 0 Å². The Balaban J connectivity index is -0.000000227. The molecule has 1 aromatic carbocycles. The van der Waals surface area contributed by atoms with Crippen molar-refractivity contribution in [1.29, 1.82) is 1.28 Å². The molecule has 541 valence electrons. The van der Waals surface area contributed by atoms with E-state index in [1.807, 2.05) is 37.3 Å². The third-order valence-corrected chi connectivity index (χ3v) is 20.8. The predicted octanol–water partition coefficient (Wildman–Crippen LogP) is 10.1. The van der Waals surface area contributed by atoms with Gasteiger partial charge in [0.25, 0.3) is 0 Å². The van der Waals surface area contributed by atoms with Crippen LogP contribution in [0.1, 0.15) is 181 Å². The van der Waals surface area contributed by atoms with Crippen molar-refractivity contribution in [1.82, 2.24) is 0 Å². The topological polar surface area (TPSA) is 357 Å². The summed E-state index contributed by atoms with van der Waals surface area (Å²) in [5.41, 5.74) is 5.31.